The van der Waals surface area contributed by atoms with Crippen molar-refractivity contribution < 1.29 is 4.79 Å². The SMILES string of the molecule is Cl.Cl.O=C(Nc1cccc(-c2ncc[nH]2)c1)c1cn(C2CCNCC2)nn1. The zero-order valence-corrected chi connectivity index (χ0v) is 16.1. The number of aromatic amines is 1. The summed E-state index contributed by atoms with van der Waals surface area (Å²) >= 11 is 0. The smallest absolute Gasteiger partial charge is 0.277 e. The van der Waals surface area contributed by atoms with Crippen molar-refractivity contribution in [2.24, 2.45) is 0 Å². The van der Waals surface area contributed by atoms with Crippen molar-refractivity contribution in [1.82, 2.24) is 30.3 Å². The van der Waals surface area contributed by atoms with E-state index in [-0.39, 0.29) is 30.7 Å². The van der Waals surface area contributed by atoms with Gasteiger partial charge in [-0.2, -0.15) is 0 Å². The molecule has 144 valence electrons. The molecule has 1 aromatic carbocycles. The van der Waals surface area contributed by atoms with Gasteiger partial charge < -0.3 is 15.6 Å². The van der Waals surface area contributed by atoms with Gasteiger partial charge in [0.1, 0.15) is 5.82 Å². The topological polar surface area (TPSA) is 101 Å². The van der Waals surface area contributed by atoms with Crippen molar-refractivity contribution in [1.29, 1.82) is 0 Å². The van der Waals surface area contributed by atoms with Crippen LogP contribution < -0.4 is 10.6 Å². The Kier molecular flexibility index (Phi) is 7.35. The molecule has 3 N–H and O–H groups in total. The maximum absolute atomic E-state index is 12.4. The predicted molar refractivity (Wildman–Crippen MR) is 108 cm³/mol. The normalized spacial score (nSPS) is 14.1. The Hall–Kier alpha value is -2.42. The molecule has 8 nitrogen and oxygen atoms in total. The van der Waals surface area contributed by atoms with Gasteiger partial charge in [0.25, 0.3) is 5.91 Å². The van der Waals surface area contributed by atoms with Crippen LogP contribution >= 0.6 is 24.8 Å². The third-order valence-electron chi connectivity index (χ3n) is 4.32. The zero-order valence-electron chi connectivity index (χ0n) is 14.5. The largest absolute Gasteiger partial charge is 0.345 e. The molecule has 0 radical (unpaired) electrons. The number of hydrogen-bond donors (Lipinski definition) is 3. The van der Waals surface area contributed by atoms with Crippen molar-refractivity contribution in [2.45, 2.75) is 18.9 Å². The van der Waals surface area contributed by atoms with E-state index in [0.717, 1.165) is 37.3 Å². The minimum Gasteiger partial charge on any atom is -0.345 e. The van der Waals surface area contributed by atoms with Crippen molar-refractivity contribution in [2.75, 3.05) is 18.4 Å². The molecule has 10 heteroatoms. The zero-order chi connectivity index (χ0) is 17.1. The Bertz CT molecular complexity index is 860. The van der Waals surface area contributed by atoms with Crippen molar-refractivity contribution in [3.05, 3.63) is 48.5 Å². The summed E-state index contributed by atoms with van der Waals surface area (Å²) in [5.41, 5.74) is 1.92. The molecule has 0 saturated carbocycles. The molecular formula is C17H21Cl2N7O. The van der Waals surface area contributed by atoms with Crippen molar-refractivity contribution in [3.63, 3.8) is 0 Å². The molecule has 0 bridgehead atoms. The number of rotatable bonds is 4. The van der Waals surface area contributed by atoms with E-state index in [9.17, 15) is 4.79 Å². The Morgan fingerprint density at radius 3 is 2.78 bits per heavy atom. The number of piperidine rings is 1. The van der Waals surface area contributed by atoms with E-state index in [1.807, 2.05) is 24.3 Å². The summed E-state index contributed by atoms with van der Waals surface area (Å²) in [6.45, 7) is 1.93. The number of carbonyl (C=O) groups is 1. The van der Waals surface area contributed by atoms with E-state index in [4.69, 9.17) is 0 Å². The number of benzene rings is 1. The summed E-state index contributed by atoms with van der Waals surface area (Å²) in [4.78, 5) is 19.7. The van der Waals surface area contributed by atoms with Crippen LogP contribution in [0.2, 0.25) is 0 Å². The van der Waals surface area contributed by atoms with Gasteiger partial charge in [-0.05, 0) is 38.1 Å². The molecular weight excluding hydrogens is 389 g/mol. The lowest BCUT2D eigenvalue weighted by atomic mass is 10.1. The molecule has 1 fully saturated rings. The number of carbonyl (C=O) groups excluding carboxylic acids is 1. The van der Waals surface area contributed by atoms with Gasteiger partial charge >= 0.3 is 0 Å². The molecule has 0 atom stereocenters. The third-order valence-corrected chi connectivity index (χ3v) is 4.32. The first-order valence-corrected chi connectivity index (χ1v) is 8.33. The van der Waals surface area contributed by atoms with E-state index < -0.39 is 0 Å². The fraction of sp³-hybridized carbons (Fsp3) is 0.294. The van der Waals surface area contributed by atoms with Crippen LogP contribution in [-0.2, 0) is 0 Å². The van der Waals surface area contributed by atoms with Crippen LogP contribution in [0, 0.1) is 0 Å². The van der Waals surface area contributed by atoms with Gasteiger partial charge in [-0.1, -0.05) is 17.3 Å². The Morgan fingerprint density at radius 1 is 1.22 bits per heavy atom. The van der Waals surface area contributed by atoms with Crippen LogP contribution in [-0.4, -0.2) is 44.0 Å². The molecule has 3 aromatic rings. The van der Waals surface area contributed by atoms with Crippen LogP contribution in [0.1, 0.15) is 29.4 Å². The highest BCUT2D eigenvalue weighted by molar-refractivity contribution is 6.02. The third kappa shape index (κ3) is 4.85. The summed E-state index contributed by atoms with van der Waals surface area (Å²) in [6, 6.07) is 7.81. The number of nitrogens with one attached hydrogen (secondary N) is 3. The molecule has 3 heterocycles. The molecule has 27 heavy (non-hydrogen) atoms. The van der Waals surface area contributed by atoms with Crippen molar-refractivity contribution in [3.8, 4) is 11.4 Å². The lowest BCUT2D eigenvalue weighted by Gasteiger charge is -2.22. The second-order valence-electron chi connectivity index (χ2n) is 6.04. The van der Waals surface area contributed by atoms with Crippen LogP contribution in [0.3, 0.4) is 0 Å². The van der Waals surface area contributed by atoms with Crippen LogP contribution in [0.15, 0.2) is 42.9 Å². The van der Waals surface area contributed by atoms with Gasteiger partial charge in [0.05, 0.1) is 12.2 Å². The quantitative estimate of drug-likeness (QED) is 0.614. The molecule has 0 spiro atoms. The molecule has 1 aliphatic heterocycles. The molecule has 2 aromatic heterocycles. The fourth-order valence-corrected chi connectivity index (χ4v) is 2.99. The standard InChI is InChI=1S/C17H19N7O.2ClH/c25-17(15-11-24(23-22-15)14-4-6-18-7-5-14)21-13-3-1-2-12(10-13)16-19-8-9-20-16;;/h1-3,8-11,14,18H,4-7H2,(H,19,20)(H,21,25);2*1H. The van der Waals surface area contributed by atoms with E-state index in [0.29, 0.717) is 17.4 Å². The van der Waals surface area contributed by atoms with Crippen LogP contribution in [0.5, 0.6) is 0 Å². The first-order valence-electron chi connectivity index (χ1n) is 8.33. The first kappa shape index (κ1) is 20.9. The van der Waals surface area contributed by atoms with E-state index in [1.165, 1.54) is 0 Å². The van der Waals surface area contributed by atoms with Gasteiger partial charge in [0.2, 0.25) is 0 Å². The second-order valence-corrected chi connectivity index (χ2v) is 6.04. The minimum absolute atomic E-state index is 0. The highest BCUT2D eigenvalue weighted by Gasteiger charge is 2.18. The van der Waals surface area contributed by atoms with Gasteiger partial charge in [-0.15, -0.1) is 29.9 Å². The minimum atomic E-state index is -0.267. The van der Waals surface area contributed by atoms with Gasteiger partial charge in [0.15, 0.2) is 5.69 Å². The lowest BCUT2D eigenvalue weighted by Crippen LogP contribution is -2.29. The highest BCUT2D eigenvalue weighted by atomic mass is 35.5. The van der Waals surface area contributed by atoms with E-state index >= 15 is 0 Å². The Morgan fingerprint density at radius 2 is 2.04 bits per heavy atom. The second kappa shape index (κ2) is 9.50. The molecule has 1 aliphatic rings. The number of imidazole rings is 1. The summed E-state index contributed by atoms with van der Waals surface area (Å²) in [5.74, 6) is 0.490. The predicted octanol–water partition coefficient (Wildman–Crippen LogP) is 2.69. The molecule has 1 saturated heterocycles. The number of hydrogen-bond acceptors (Lipinski definition) is 5. The Balaban J connectivity index is 0.00000131. The first-order chi connectivity index (χ1) is 12.3. The average Bonchev–Trinajstić information content (AvgIpc) is 3.35. The number of anilines is 1. The van der Waals surface area contributed by atoms with E-state index in [1.54, 1.807) is 23.3 Å². The maximum atomic E-state index is 12.4. The Labute approximate surface area is 169 Å². The van der Waals surface area contributed by atoms with Gasteiger partial charge in [-0.25, -0.2) is 9.67 Å². The van der Waals surface area contributed by atoms with Gasteiger partial charge in [-0.3, -0.25) is 4.79 Å². The fourth-order valence-electron chi connectivity index (χ4n) is 2.99. The lowest BCUT2D eigenvalue weighted by molar-refractivity contribution is 0.102. The number of H-pyrrole nitrogens is 1. The number of aromatic nitrogens is 5. The monoisotopic (exact) mass is 409 g/mol. The molecule has 1 amide bonds. The summed E-state index contributed by atoms with van der Waals surface area (Å²) < 4.78 is 1.80. The number of nitrogens with zero attached hydrogens (tertiary/aromatic N) is 4. The summed E-state index contributed by atoms with van der Waals surface area (Å²) in [7, 11) is 0. The van der Waals surface area contributed by atoms with Crippen molar-refractivity contribution >= 4 is 36.4 Å². The maximum Gasteiger partial charge on any atom is 0.277 e. The van der Waals surface area contributed by atoms with E-state index in [2.05, 4.69) is 30.9 Å². The van der Waals surface area contributed by atoms with Crippen LogP contribution in [0.25, 0.3) is 11.4 Å². The number of halogens is 2. The molecule has 0 unspecified atom stereocenters. The molecule has 4 rings (SSSR count). The summed E-state index contributed by atoms with van der Waals surface area (Å²) in [6.07, 6.45) is 7.17. The van der Waals surface area contributed by atoms with Gasteiger partial charge in [0, 0.05) is 23.6 Å². The van der Waals surface area contributed by atoms with Crippen LogP contribution in [0.4, 0.5) is 5.69 Å². The highest BCUT2D eigenvalue weighted by Crippen LogP contribution is 2.20. The molecule has 0 aliphatic carbocycles. The average molecular weight is 410 g/mol. The summed E-state index contributed by atoms with van der Waals surface area (Å²) in [5, 5.41) is 14.3. The number of amides is 1.